The number of nitrogens with two attached hydrogens (primary N) is 1. The Kier molecular flexibility index (Phi) is 3.75. The molecule has 0 fully saturated rings. The Balaban J connectivity index is 2.45. The Hall–Kier alpha value is -1.30. The highest BCUT2D eigenvalue weighted by Crippen LogP contribution is 2.30. The van der Waals surface area contributed by atoms with Crippen LogP contribution in [0, 0.1) is 26.6 Å². The van der Waals surface area contributed by atoms with Gasteiger partial charge in [0.1, 0.15) is 5.82 Å². The number of aromatic nitrogens is 1. The average Bonchev–Trinajstić information content (AvgIpc) is 2.64. The summed E-state index contributed by atoms with van der Waals surface area (Å²) in [6.45, 7) is 5.63. The summed E-state index contributed by atoms with van der Waals surface area (Å²) >= 11 is 1.58. The third-order valence-corrected chi connectivity index (χ3v) is 4.04. The summed E-state index contributed by atoms with van der Waals surface area (Å²) in [5.74, 6) is 5.39. The molecule has 18 heavy (non-hydrogen) atoms. The zero-order valence-corrected chi connectivity index (χ0v) is 11.4. The molecule has 0 saturated carbocycles. The van der Waals surface area contributed by atoms with Crippen LogP contribution in [0.4, 0.5) is 4.39 Å². The third-order valence-electron chi connectivity index (χ3n) is 2.90. The summed E-state index contributed by atoms with van der Waals surface area (Å²) in [5.41, 5.74) is 5.11. The molecule has 0 radical (unpaired) electrons. The quantitative estimate of drug-likeness (QED) is 0.663. The van der Waals surface area contributed by atoms with Crippen LogP contribution < -0.4 is 11.3 Å². The molecule has 1 atom stereocenters. The number of halogens is 1. The number of benzene rings is 1. The minimum atomic E-state index is -0.216. The van der Waals surface area contributed by atoms with Crippen LogP contribution in [0.2, 0.25) is 0 Å². The van der Waals surface area contributed by atoms with Crippen LogP contribution in [0.5, 0.6) is 0 Å². The Morgan fingerprint density at radius 2 is 2.06 bits per heavy atom. The van der Waals surface area contributed by atoms with Gasteiger partial charge in [-0.3, -0.25) is 5.84 Å². The summed E-state index contributed by atoms with van der Waals surface area (Å²) in [4.78, 5) is 5.40. The standard InChI is InChI=1S/C13H16FN3S/c1-7-4-5-10(6-11(7)14)12(17-15)13-8(2)16-9(3)18-13/h4-6,12,17H,15H2,1-3H3. The van der Waals surface area contributed by atoms with Gasteiger partial charge in [-0.15, -0.1) is 11.3 Å². The predicted molar refractivity (Wildman–Crippen MR) is 71.9 cm³/mol. The van der Waals surface area contributed by atoms with E-state index >= 15 is 0 Å². The lowest BCUT2D eigenvalue weighted by molar-refractivity contribution is 0.600. The molecule has 0 saturated heterocycles. The first-order chi connectivity index (χ1) is 8.52. The first-order valence-corrected chi connectivity index (χ1v) is 6.50. The molecule has 0 aliphatic heterocycles. The Labute approximate surface area is 110 Å². The third kappa shape index (κ3) is 2.43. The summed E-state index contributed by atoms with van der Waals surface area (Å²) in [6.07, 6.45) is 0. The number of nitrogens with zero attached hydrogens (tertiary/aromatic N) is 1. The molecule has 1 aromatic heterocycles. The van der Waals surface area contributed by atoms with E-state index in [-0.39, 0.29) is 11.9 Å². The van der Waals surface area contributed by atoms with Gasteiger partial charge in [-0.2, -0.15) is 0 Å². The zero-order chi connectivity index (χ0) is 13.3. The lowest BCUT2D eigenvalue weighted by Gasteiger charge is -2.16. The highest BCUT2D eigenvalue weighted by atomic mass is 32.1. The van der Waals surface area contributed by atoms with Crippen LogP contribution in [-0.2, 0) is 0 Å². The highest BCUT2D eigenvalue weighted by Gasteiger charge is 2.19. The van der Waals surface area contributed by atoms with Crippen molar-refractivity contribution in [1.82, 2.24) is 10.4 Å². The highest BCUT2D eigenvalue weighted by molar-refractivity contribution is 7.11. The summed E-state index contributed by atoms with van der Waals surface area (Å²) in [6, 6.07) is 4.95. The molecule has 1 heterocycles. The van der Waals surface area contributed by atoms with Crippen LogP contribution >= 0.6 is 11.3 Å². The molecule has 2 aromatic rings. The van der Waals surface area contributed by atoms with E-state index in [1.54, 1.807) is 24.3 Å². The minimum Gasteiger partial charge on any atom is -0.271 e. The molecule has 3 nitrogen and oxygen atoms in total. The molecule has 2 rings (SSSR count). The van der Waals surface area contributed by atoms with E-state index < -0.39 is 0 Å². The molecule has 3 N–H and O–H groups in total. The fraction of sp³-hybridized carbons (Fsp3) is 0.308. The van der Waals surface area contributed by atoms with Crippen molar-refractivity contribution in [1.29, 1.82) is 0 Å². The van der Waals surface area contributed by atoms with Crippen molar-refractivity contribution in [2.45, 2.75) is 26.8 Å². The monoisotopic (exact) mass is 265 g/mol. The van der Waals surface area contributed by atoms with E-state index in [0.29, 0.717) is 5.56 Å². The second-order valence-corrected chi connectivity index (χ2v) is 5.53. The fourth-order valence-corrected chi connectivity index (χ4v) is 2.94. The molecule has 1 aromatic carbocycles. The van der Waals surface area contributed by atoms with Gasteiger partial charge in [-0.1, -0.05) is 12.1 Å². The van der Waals surface area contributed by atoms with Crippen LogP contribution in [0.15, 0.2) is 18.2 Å². The lowest BCUT2D eigenvalue weighted by atomic mass is 10.0. The van der Waals surface area contributed by atoms with Gasteiger partial charge in [0.15, 0.2) is 0 Å². The first-order valence-electron chi connectivity index (χ1n) is 5.69. The van der Waals surface area contributed by atoms with Crippen molar-refractivity contribution in [2.75, 3.05) is 0 Å². The molecule has 0 spiro atoms. The van der Waals surface area contributed by atoms with Crippen LogP contribution in [0.3, 0.4) is 0 Å². The minimum absolute atomic E-state index is 0.216. The maximum Gasteiger partial charge on any atom is 0.126 e. The molecular weight excluding hydrogens is 249 g/mol. The van der Waals surface area contributed by atoms with E-state index in [1.807, 2.05) is 19.9 Å². The number of nitrogens with one attached hydrogen (secondary N) is 1. The zero-order valence-electron chi connectivity index (χ0n) is 10.6. The van der Waals surface area contributed by atoms with E-state index in [4.69, 9.17) is 5.84 Å². The summed E-state index contributed by atoms with van der Waals surface area (Å²) < 4.78 is 13.6. The van der Waals surface area contributed by atoms with E-state index in [1.165, 1.54) is 6.07 Å². The van der Waals surface area contributed by atoms with Crippen molar-refractivity contribution in [3.63, 3.8) is 0 Å². The maximum atomic E-state index is 13.6. The van der Waals surface area contributed by atoms with E-state index in [2.05, 4.69) is 10.4 Å². The lowest BCUT2D eigenvalue weighted by Crippen LogP contribution is -2.28. The second kappa shape index (κ2) is 5.14. The van der Waals surface area contributed by atoms with E-state index in [9.17, 15) is 4.39 Å². The first kappa shape index (κ1) is 13.1. The van der Waals surface area contributed by atoms with Crippen molar-refractivity contribution in [3.8, 4) is 0 Å². The van der Waals surface area contributed by atoms with Crippen molar-refractivity contribution in [3.05, 3.63) is 50.7 Å². The normalized spacial score (nSPS) is 12.7. The Morgan fingerprint density at radius 1 is 1.33 bits per heavy atom. The van der Waals surface area contributed by atoms with Gasteiger partial charge >= 0.3 is 0 Å². The van der Waals surface area contributed by atoms with Gasteiger partial charge in [-0.05, 0) is 38.0 Å². The molecule has 1 unspecified atom stereocenters. The SMILES string of the molecule is Cc1nc(C)c(C(NN)c2ccc(C)c(F)c2)s1. The fourth-order valence-electron chi connectivity index (χ4n) is 1.93. The van der Waals surface area contributed by atoms with Crippen LogP contribution in [-0.4, -0.2) is 4.98 Å². The number of hydrazine groups is 1. The molecule has 0 bridgehead atoms. The van der Waals surface area contributed by atoms with Crippen molar-refractivity contribution < 1.29 is 4.39 Å². The van der Waals surface area contributed by atoms with Gasteiger partial charge in [-0.25, -0.2) is 14.8 Å². The molecule has 0 amide bonds. The van der Waals surface area contributed by atoms with Gasteiger partial charge in [0.25, 0.3) is 0 Å². The Morgan fingerprint density at radius 3 is 2.56 bits per heavy atom. The molecule has 96 valence electrons. The Bertz CT molecular complexity index is 565. The molecule has 5 heteroatoms. The van der Waals surface area contributed by atoms with Gasteiger partial charge in [0.2, 0.25) is 0 Å². The number of rotatable bonds is 3. The summed E-state index contributed by atoms with van der Waals surface area (Å²) in [7, 11) is 0. The number of aryl methyl sites for hydroxylation is 3. The molecule has 0 aliphatic carbocycles. The predicted octanol–water partition coefficient (Wildman–Crippen LogP) is 2.76. The molecule has 0 aliphatic rings. The smallest absolute Gasteiger partial charge is 0.126 e. The van der Waals surface area contributed by atoms with Crippen molar-refractivity contribution in [2.24, 2.45) is 5.84 Å². The maximum absolute atomic E-state index is 13.6. The van der Waals surface area contributed by atoms with Crippen LogP contribution in [0.25, 0.3) is 0 Å². The summed E-state index contributed by atoms with van der Waals surface area (Å²) in [5, 5.41) is 0.982. The van der Waals surface area contributed by atoms with Gasteiger partial charge in [0, 0.05) is 0 Å². The van der Waals surface area contributed by atoms with Gasteiger partial charge in [0.05, 0.1) is 21.6 Å². The number of hydrogen-bond acceptors (Lipinski definition) is 4. The average molecular weight is 265 g/mol. The van der Waals surface area contributed by atoms with Crippen molar-refractivity contribution >= 4 is 11.3 Å². The molecular formula is C13H16FN3S. The topological polar surface area (TPSA) is 50.9 Å². The number of hydrogen-bond donors (Lipinski definition) is 2. The van der Waals surface area contributed by atoms with Crippen LogP contribution in [0.1, 0.15) is 32.7 Å². The largest absolute Gasteiger partial charge is 0.271 e. The second-order valence-electron chi connectivity index (χ2n) is 4.29. The number of thiazole rings is 1. The van der Waals surface area contributed by atoms with E-state index in [0.717, 1.165) is 21.1 Å². The van der Waals surface area contributed by atoms with Gasteiger partial charge < -0.3 is 0 Å².